The molecule has 0 saturated heterocycles. The maximum absolute atomic E-state index is 12.1. The van der Waals surface area contributed by atoms with Gasteiger partial charge in [-0.3, -0.25) is 9.59 Å². The van der Waals surface area contributed by atoms with Gasteiger partial charge in [0.25, 0.3) is 0 Å². The van der Waals surface area contributed by atoms with Crippen molar-refractivity contribution in [3.05, 3.63) is 86.3 Å². The predicted octanol–water partition coefficient (Wildman–Crippen LogP) is 6.37. The van der Waals surface area contributed by atoms with Crippen molar-refractivity contribution >= 4 is 55.6 Å². The lowest BCUT2D eigenvalue weighted by Gasteiger charge is -2.14. The van der Waals surface area contributed by atoms with Gasteiger partial charge in [-0.25, -0.2) is 5.43 Å². The van der Waals surface area contributed by atoms with Gasteiger partial charge in [0.15, 0.2) is 11.5 Å². The molecule has 0 fully saturated rings. The molecule has 0 bridgehead atoms. The lowest BCUT2D eigenvalue weighted by molar-refractivity contribution is -0.124. The standard InChI is InChI=1S/C27H27Br2N3O4/c1-3-35-24-15-20(14-22(29)27(24)36-17-19-8-10-21(28)11-9-19)16-30-32-26(34)13-12-25(33)31-23-7-5-4-6-18(23)2/h4-11,14-16H,3,12-13,17H2,1-2H3,(H,31,33)(H,32,34). The van der Waals surface area contributed by atoms with Crippen LogP contribution in [0, 0.1) is 6.92 Å². The average Bonchev–Trinajstić information content (AvgIpc) is 2.85. The monoisotopic (exact) mass is 615 g/mol. The number of carbonyl (C=O) groups is 2. The van der Waals surface area contributed by atoms with Crippen LogP contribution in [0.5, 0.6) is 11.5 Å². The van der Waals surface area contributed by atoms with Crippen LogP contribution in [0.4, 0.5) is 5.69 Å². The van der Waals surface area contributed by atoms with E-state index in [1.807, 2.05) is 68.4 Å². The molecule has 0 spiro atoms. The molecule has 0 saturated carbocycles. The molecule has 2 amide bonds. The molecular formula is C27H27Br2N3O4. The molecule has 36 heavy (non-hydrogen) atoms. The molecule has 3 aromatic carbocycles. The molecule has 0 aromatic heterocycles. The number of hydrogen-bond donors (Lipinski definition) is 2. The van der Waals surface area contributed by atoms with Gasteiger partial charge in [-0.2, -0.15) is 5.10 Å². The quantitative estimate of drug-likeness (QED) is 0.194. The number of hydrazone groups is 1. The van der Waals surface area contributed by atoms with Gasteiger partial charge in [0.2, 0.25) is 11.8 Å². The summed E-state index contributed by atoms with van der Waals surface area (Å²) < 4.78 is 13.5. The number of nitrogens with zero attached hydrogens (tertiary/aromatic N) is 1. The Bertz CT molecular complexity index is 1230. The van der Waals surface area contributed by atoms with Crippen molar-refractivity contribution in [1.29, 1.82) is 0 Å². The van der Waals surface area contributed by atoms with Gasteiger partial charge in [0.05, 0.1) is 17.3 Å². The summed E-state index contributed by atoms with van der Waals surface area (Å²) in [5.41, 5.74) is 5.88. The van der Waals surface area contributed by atoms with Gasteiger partial charge in [-0.1, -0.05) is 46.3 Å². The third-order valence-corrected chi connectivity index (χ3v) is 6.15. The lowest BCUT2D eigenvalue weighted by Crippen LogP contribution is -2.20. The Balaban J connectivity index is 1.54. The van der Waals surface area contributed by atoms with Crippen molar-refractivity contribution < 1.29 is 19.1 Å². The van der Waals surface area contributed by atoms with E-state index in [2.05, 4.69) is 47.7 Å². The SMILES string of the molecule is CCOc1cc(C=NNC(=O)CCC(=O)Nc2ccccc2C)cc(Br)c1OCc1ccc(Br)cc1. The van der Waals surface area contributed by atoms with E-state index in [9.17, 15) is 9.59 Å². The first kappa shape index (κ1) is 27.4. The second-order valence-electron chi connectivity index (χ2n) is 7.83. The molecule has 3 aromatic rings. The highest BCUT2D eigenvalue weighted by Gasteiger charge is 2.13. The Hall–Kier alpha value is -3.17. The molecule has 0 aliphatic rings. The van der Waals surface area contributed by atoms with E-state index in [4.69, 9.17) is 9.47 Å². The number of anilines is 1. The second kappa shape index (κ2) is 13.8. The third-order valence-electron chi connectivity index (χ3n) is 5.03. The van der Waals surface area contributed by atoms with E-state index >= 15 is 0 Å². The van der Waals surface area contributed by atoms with E-state index in [0.717, 1.165) is 21.3 Å². The molecular weight excluding hydrogens is 590 g/mol. The zero-order chi connectivity index (χ0) is 25.9. The number of benzene rings is 3. The molecule has 7 nitrogen and oxygen atoms in total. The number of carbonyl (C=O) groups excluding carboxylic acids is 2. The lowest BCUT2D eigenvalue weighted by atomic mass is 10.2. The highest BCUT2D eigenvalue weighted by atomic mass is 79.9. The number of aryl methyl sites for hydroxylation is 1. The Labute approximate surface area is 227 Å². The maximum atomic E-state index is 12.1. The first-order valence-corrected chi connectivity index (χ1v) is 12.9. The minimum Gasteiger partial charge on any atom is -0.490 e. The number of rotatable bonds is 11. The number of hydrogen-bond acceptors (Lipinski definition) is 5. The van der Waals surface area contributed by atoms with Crippen LogP contribution in [0.25, 0.3) is 0 Å². The summed E-state index contributed by atoms with van der Waals surface area (Å²) in [6, 6.07) is 19.0. The summed E-state index contributed by atoms with van der Waals surface area (Å²) in [5.74, 6) is 0.558. The topological polar surface area (TPSA) is 89.0 Å². The molecule has 0 atom stereocenters. The number of amides is 2. The van der Waals surface area contributed by atoms with Gasteiger partial charge in [0, 0.05) is 23.0 Å². The van der Waals surface area contributed by atoms with E-state index in [-0.39, 0.29) is 24.7 Å². The Morgan fingerprint density at radius 3 is 2.42 bits per heavy atom. The first-order chi connectivity index (χ1) is 17.4. The van der Waals surface area contributed by atoms with Crippen LogP contribution < -0.4 is 20.2 Å². The van der Waals surface area contributed by atoms with E-state index in [1.165, 1.54) is 6.21 Å². The Morgan fingerprint density at radius 1 is 0.972 bits per heavy atom. The molecule has 3 rings (SSSR count). The molecule has 2 N–H and O–H groups in total. The fraction of sp³-hybridized carbons (Fsp3) is 0.222. The molecule has 9 heteroatoms. The van der Waals surface area contributed by atoms with Gasteiger partial charge >= 0.3 is 0 Å². The maximum Gasteiger partial charge on any atom is 0.240 e. The van der Waals surface area contributed by atoms with Crippen LogP contribution in [-0.4, -0.2) is 24.6 Å². The van der Waals surface area contributed by atoms with Crippen LogP contribution in [0.1, 0.15) is 36.5 Å². The van der Waals surface area contributed by atoms with Crippen molar-refractivity contribution in [2.24, 2.45) is 5.10 Å². The van der Waals surface area contributed by atoms with E-state index in [1.54, 1.807) is 6.07 Å². The summed E-state index contributed by atoms with van der Waals surface area (Å²) in [6.07, 6.45) is 1.59. The number of nitrogens with one attached hydrogen (secondary N) is 2. The van der Waals surface area contributed by atoms with E-state index in [0.29, 0.717) is 34.7 Å². The highest BCUT2D eigenvalue weighted by Crippen LogP contribution is 2.37. The normalized spacial score (nSPS) is 10.8. The first-order valence-electron chi connectivity index (χ1n) is 11.4. The van der Waals surface area contributed by atoms with Crippen LogP contribution in [-0.2, 0) is 16.2 Å². The summed E-state index contributed by atoms with van der Waals surface area (Å²) in [4.78, 5) is 24.3. The van der Waals surface area contributed by atoms with Crippen molar-refractivity contribution in [2.45, 2.75) is 33.3 Å². The van der Waals surface area contributed by atoms with Gasteiger partial charge in [-0.05, 0) is 76.8 Å². The minimum absolute atomic E-state index is 0.0196. The summed E-state index contributed by atoms with van der Waals surface area (Å²) >= 11 is 6.97. The fourth-order valence-electron chi connectivity index (χ4n) is 3.19. The summed E-state index contributed by atoms with van der Waals surface area (Å²) in [5, 5.41) is 6.82. The minimum atomic E-state index is -0.357. The van der Waals surface area contributed by atoms with Gasteiger partial charge in [-0.15, -0.1) is 0 Å². The van der Waals surface area contributed by atoms with Crippen LogP contribution in [0.15, 0.2) is 74.7 Å². The molecule has 0 heterocycles. The Kier molecular flexibility index (Phi) is 10.5. The van der Waals surface area contributed by atoms with Crippen molar-refractivity contribution in [3.8, 4) is 11.5 Å². The number of ether oxygens (including phenoxy) is 2. The number of para-hydroxylation sites is 1. The number of halogens is 2. The fourth-order valence-corrected chi connectivity index (χ4v) is 4.03. The molecule has 0 unspecified atom stereocenters. The van der Waals surface area contributed by atoms with Crippen molar-refractivity contribution in [2.75, 3.05) is 11.9 Å². The summed E-state index contributed by atoms with van der Waals surface area (Å²) in [7, 11) is 0. The van der Waals surface area contributed by atoms with Crippen LogP contribution in [0.2, 0.25) is 0 Å². The highest BCUT2D eigenvalue weighted by molar-refractivity contribution is 9.10. The zero-order valence-corrected chi connectivity index (χ0v) is 23.2. The predicted molar refractivity (Wildman–Crippen MR) is 149 cm³/mol. The Morgan fingerprint density at radius 2 is 1.69 bits per heavy atom. The molecule has 0 aliphatic heterocycles. The second-order valence-corrected chi connectivity index (χ2v) is 9.60. The van der Waals surface area contributed by atoms with Crippen molar-refractivity contribution in [1.82, 2.24) is 5.43 Å². The molecule has 188 valence electrons. The summed E-state index contributed by atoms with van der Waals surface area (Å²) in [6.45, 7) is 4.64. The smallest absolute Gasteiger partial charge is 0.240 e. The average molecular weight is 617 g/mol. The van der Waals surface area contributed by atoms with Crippen molar-refractivity contribution in [3.63, 3.8) is 0 Å². The molecule has 0 radical (unpaired) electrons. The molecule has 0 aliphatic carbocycles. The van der Waals surface area contributed by atoms with Gasteiger partial charge < -0.3 is 14.8 Å². The van der Waals surface area contributed by atoms with Crippen LogP contribution >= 0.6 is 31.9 Å². The van der Waals surface area contributed by atoms with E-state index < -0.39 is 0 Å². The van der Waals surface area contributed by atoms with Crippen LogP contribution in [0.3, 0.4) is 0 Å². The third kappa shape index (κ3) is 8.49. The van der Waals surface area contributed by atoms with Gasteiger partial charge in [0.1, 0.15) is 6.61 Å². The zero-order valence-electron chi connectivity index (χ0n) is 20.0. The largest absolute Gasteiger partial charge is 0.490 e.